The maximum Gasteiger partial charge on any atom is 0.294 e. The first-order valence-electron chi connectivity index (χ1n) is 5.82. The molecular formula is C14H19NO3. The number of likely N-dealkylation sites (N-methyl/N-ethyl adjacent to an activating group) is 1. The average molecular weight is 249 g/mol. The molecular weight excluding hydrogens is 230 g/mol. The summed E-state index contributed by atoms with van der Waals surface area (Å²) in [5.74, 6) is -0.0552. The lowest BCUT2D eigenvalue weighted by atomic mass is 9.98. The van der Waals surface area contributed by atoms with Gasteiger partial charge in [-0.15, -0.1) is 0 Å². The smallest absolute Gasteiger partial charge is 0.294 e. The van der Waals surface area contributed by atoms with E-state index in [2.05, 4.69) is 0 Å². The molecule has 0 aliphatic heterocycles. The van der Waals surface area contributed by atoms with Gasteiger partial charge in [-0.1, -0.05) is 13.8 Å². The number of Topliss-reactive ketones (excluding diaryl/α,β-unsaturated/α-hetero) is 1. The van der Waals surface area contributed by atoms with Crippen molar-refractivity contribution in [3.63, 3.8) is 0 Å². The van der Waals surface area contributed by atoms with E-state index in [1.807, 2.05) is 13.8 Å². The second-order valence-corrected chi connectivity index (χ2v) is 4.64. The Morgan fingerprint density at radius 1 is 1.22 bits per heavy atom. The van der Waals surface area contributed by atoms with Crippen LogP contribution in [0.25, 0.3) is 0 Å². The number of ketones is 1. The molecule has 4 heteroatoms. The molecule has 98 valence electrons. The SMILES string of the molecule is COc1ccc(C(=O)C(=O)N(C)C)cc1C(C)C. The van der Waals surface area contributed by atoms with Crippen LogP contribution >= 0.6 is 0 Å². The van der Waals surface area contributed by atoms with Gasteiger partial charge in [0.1, 0.15) is 5.75 Å². The maximum absolute atomic E-state index is 11.9. The molecule has 0 heterocycles. The molecule has 1 amide bonds. The summed E-state index contributed by atoms with van der Waals surface area (Å²) < 4.78 is 5.24. The fourth-order valence-electron chi connectivity index (χ4n) is 1.65. The molecule has 1 rings (SSSR count). The number of nitrogens with zero attached hydrogens (tertiary/aromatic N) is 1. The summed E-state index contributed by atoms with van der Waals surface area (Å²) in [6.45, 7) is 4.03. The van der Waals surface area contributed by atoms with Crippen molar-refractivity contribution in [3.8, 4) is 5.75 Å². The van der Waals surface area contributed by atoms with Gasteiger partial charge in [-0.05, 0) is 29.7 Å². The predicted octanol–water partition coefficient (Wildman–Crippen LogP) is 2.09. The van der Waals surface area contributed by atoms with E-state index in [0.29, 0.717) is 5.56 Å². The van der Waals surface area contributed by atoms with Crippen molar-refractivity contribution >= 4 is 11.7 Å². The van der Waals surface area contributed by atoms with Crippen LogP contribution in [0.2, 0.25) is 0 Å². The number of hydrogen-bond donors (Lipinski definition) is 0. The first-order valence-corrected chi connectivity index (χ1v) is 5.82. The number of hydrogen-bond acceptors (Lipinski definition) is 3. The third-order valence-electron chi connectivity index (χ3n) is 2.71. The monoisotopic (exact) mass is 249 g/mol. The molecule has 0 saturated heterocycles. The van der Waals surface area contributed by atoms with Crippen LogP contribution in [0.15, 0.2) is 18.2 Å². The molecule has 0 atom stereocenters. The zero-order valence-electron chi connectivity index (χ0n) is 11.5. The Morgan fingerprint density at radius 3 is 2.28 bits per heavy atom. The van der Waals surface area contributed by atoms with E-state index in [1.165, 1.54) is 4.90 Å². The van der Waals surface area contributed by atoms with Crippen LogP contribution in [-0.4, -0.2) is 37.8 Å². The van der Waals surface area contributed by atoms with Gasteiger partial charge < -0.3 is 9.64 Å². The van der Waals surface area contributed by atoms with E-state index in [1.54, 1.807) is 39.4 Å². The van der Waals surface area contributed by atoms with Gasteiger partial charge in [0.05, 0.1) is 7.11 Å². The summed E-state index contributed by atoms with van der Waals surface area (Å²) in [5.41, 5.74) is 1.33. The lowest BCUT2D eigenvalue weighted by molar-refractivity contribution is -0.124. The van der Waals surface area contributed by atoms with E-state index >= 15 is 0 Å². The highest BCUT2D eigenvalue weighted by Crippen LogP contribution is 2.27. The van der Waals surface area contributed by atoms with Gasteiger partial charge in [0.15, 0.2) is 0 Å². The number of methoxy groups -OCH3 is 1. The van der Waals surface area contributed by atoms with Crippen LogP contribution in [0.5, 0.6) is 5.75 Å². The summed E-state index contributed by atoms with van der Waals surface area (Å²) in [6, 6.07) is 5.08. The average Bonchev–Trinajstić information content (AvgIpc) is 2.35. The van der Waals surface area contributed by atoms with Crippen LogP contribution in [0.3, 0.4) is 0 Å². The quantitative estimate of drug-likeness (QED) is 0.606. The minimum atomic E-state index is -0.519. The van der Waals surface area contributed by atoms with E-state index in [9.17, 15) is 9.59 Å². The topological polar surface area (TPSA) is 46.6 Å². The normalized spacial score (nSPS) is 10.3. The Hall–Kier alpha value is -1.84. The number of carbonyl (C=O) groups is 2. The Bertz CT molecular complexity index is 464. The number of amides is 1. The van der Waals surface area contributed by atoms with Crippen LogP contribution < -0.4 is 4.74 Å². The molecule has 0 N–H and O–H groups in total. The summed E-state index contributed by atoms with van der Waals surface area (Å²) in [7, 11) is 4.72. The van der Waals surface area contributed by atoms with E-state index in [4.69, 9.17) is 4.74 Å². The molecule has 4 nitrogen and oxygen atoms in total. The third kappa shape index (κ3) is 2.88. The van der Waals surface area contributed by atoms with Crippen LogP contribution in [-0.2, 0) is 4.79 Å². The molecule has 0 fully saturated rings. The lowest BCUT2D eigenvalue weighted by Crippen LogP contribution is -2.29. The Labute approximate surface area is 108 Å². The molecule has 1 aromatic carbocycles. The molecule has 0 spiro atoms. The van der Waals surface area contributed by atoms with E-state index in [0.717, 1.165) is 11.3 Å². The van der Waals surface area contributed by atoms with Gasteiger partial charge in [0.2, 0.25) is 5.78 Å². The number of carbonyl (C=O) groups excluding carboxylic acids is 2. The van der Waals surface area contributed by atoms with Crippen molar-refractivity contribution in [1.29, 1.82) is 0 Å². The first kappa shape index (κ1) is 14.2. The standard InChI is InChI=1S/C14H19NO3/c1-9(2)11-8-10(6-7-12(11)18-5)13(16)14(17)15(3)4/h6-9H,1-5H3. The van der Waals surface area contributed by atoms with Gasteiger partial charge in [-0.2, -0.15) is 0 Å². The number of rotatable bonds is 4. The number of ether oxygens (including phenoxy) is 1. The largest absolute Gasteiger partial charge is 0.496 e. The van der Waals surface area contributed by atoms with Crippen molar-refractivity contribution in [2.45, 2.75) is 19.8 Å². The summed E-state index contributed by atoms with van der Waals surface area (Å²) in [4.78, 5) is 24.8. The summed E-state index contributed by atoms with van der Waals surface area (Å²) in [6.07, 6.45) is 0. The van der Waals surface area contributed by atoms with Gasteiger partial charge in [0.25, 0.3) is 5.91 Å². The highest BCUT2D eigenvalue weighted by atomic mass is 16.5. The fourth-order valence-corrected chi connectivity index (χ4v) is 1.65. The van der Waals surface area contributed by atoms with Crippen LogP contribution in [0.1, 0.15) is 35.7 Å². The van der Waals surface area contributed by atoms with Gasteiger partial charge >= 0.3 is 0 Å². The zero-order valence-corrected chi connectivity index (χ0v) is 11.5. The first-order chi connectivity index (χ1) is 8.38. The second kappa shape index (κ2) is 5.67. The van der Waals surface area contributed by atoms with Crippen LogP contribution in [0.4, 0.5) is 0 Å². The molecule has 0 aliphatic rings. The minimum absolute atomic E-state index is 0.224. The Kier molecular flexibility index (Phi) is 4.48. The highest BCUT2D eigenvalue weighted by molar-refractivity contribution is 6.42. The van der Waals surface area contributed by atoms with Crippen molar-refractivity contribution in [2.75, 3.05) is 21.2 Å². The molecule has 1 aromatic rings. The molecule has 0 saturated carbocycles. The Balaban J connectivity index is 3.16. The predicted molar refractivity (Wildman–Crippen MR) is 70.1 cm³/mol. The molecule has 0 unspecified atom stereocenters. The fraction of sp³-hybridized carbons (Fsp3) is 0.429. The van der Waals surface area contributed by atoms with Crippen molar-refractivity contribution in [2.24, 2.45) is 0 Å². The van der Waals surface area contributed by atoms with Gasteiger partial charge in [-0.25, -0.2) is 0 Å². The third-order valence-corrected chi connectivity index (χ3v) is 2.71. The molecule has 0 radical (unpaired) electrons. The number of benzene rings is 1. The van der Waals surface area contributed by atoms with Crippen LogP contribution in [0, 0.1) is 0 Å². The van der Waals surface area contributed by atoms with Crippen molar-refractivity contribution in [3.05, 3.63) is 29.3 Å². The zero-order chi connectivity index (χ0) is 13.9. The summed E-state index contributed by atoms with van der Waals surface area (Å²) >= 11 is 0. The van der Waals surface area contributed by atoms with E-state index < -0.39 is 11.7 Å². The highest BCUT2D eigenvalue weighted by Gasteiger charge is 2.20. The lowest BCUT2D eigenvalue weighted by Gasteiger charge is -2.14. The van der Waals surface area contributed by atoms with Crippen molar-refractivity contribution < 1.29 is 14.3 Å². The van der Waals surface area contributed by atoms with Gasteiger partial charge in [0, 0.05) is 19.7 Å². The summed E-state index contributed by atoms with van der Waals surface area (Å²) in [5, 5.41) is 0. The van der Waals surface area contributed by atoms with E-state index in [-0.39, 0.29) is 5.92 Å². The molecule has 18 heavy (non-hydrogen) atoms. The van der Waals surface area contributed by atoms with Gasteiger partial charge in [-0.3, -0.25) is 9.59 Å². The molecule has 0 bridgehead atoms. The minimum Gasteiger partial charge on any atom is -0.496 e. The Morgan fingerprint density at radius 2 is 1.83 bits per heavy atom. The second-order valence-electron chi connectivity index (χ2n) is 4.64. The molecule has 0 aromatic heterocycles. The van der Waals surface area contributed by atoms with Crippen molar-refractivity contribution in [1.82, 2.24) is 4.90 Å². The maximum atomic E-state index is 11.9. The molecule has 0 aliphatic carbocycles.